The fourth-order valence-corrected chi connectivity index (χ4v) is 6.18. The van der Waals surface area contributed by atoms with Crippen LogP contribution in [0.3, 0.4) is 0 Å². The molecule has 110 valence electrons. The highest BCUT2D eigenvalue weighted by Gasteiger charge is 2.35. The highest BCUT2D eigenvalue weighted by Crippen LogP contribution is 2.41. The van der Waals surface area contributed by atoms with Gasteiger partial charge in [-0.3, -0.25) is 0 Å². The van der Waals surface area contributed by atoms with Crippen molar-refractivity contribution in [3.8, 4) is 0 Å². The second kappa shape index (κ2) is 5.30. The molecular weight excluding hydrogens is 332 g/mol. The van der Waals surface area contributed by atoms with Gasteiger partial charge in [-0.1, -0.05) is 0 Å². The Morgan fingerprint density at radius 3 is 2.47 bits per heavy atom. The Bertz CT molecular complexity index is 678. The third kappa shape index (κ3) is 3.11. The van der Waals surface area contributed by atoms with E-state index in [1.807, 2.05) is 19.0 Å². The number of sulfonamides is 1. The molecule has 0 bridgehead atoms. The highest BCUT2D eigenvalue weighted by atomic mass is 35.5. The summed E-state index contributed by atoms with van der Waals surface area (Å²) in [7, 11) is -3.57. The molecule has 0 fully saturated rings. The second-order valence-electron chi connectivity index (χ2n) is 4.44. The summed E-state index contributed by atoms with van der Waals surface area (Å²) in [4.78, 5) is 1.88. The summed E-state index contributed by atoms with van der Waals surface area (Å²) in [5.41, 5.74) is 0.542. The first-order valence-corrected chi connectivity index (χ1v) is 9.20. The average molecular weight is 347 g/mol. The van der Waals surface area contributed by atoms with E-state index in [1.165, 1.54) is 6.07 Å². The molecule has 0 saturated heterocycles. The topological polar surface area (TPSA) is 97.5 Å². The Labute approximate surface area is 123 Å². The van der Waals surface area contributed by atoms with Gasteiger partial charge in [-0.2, -0.15) is 0 Å². The summed E-state index contributed by atoms with van der Waals surface area (Å²) in [5, 5.41) is 5.05. The summed E-state index contributed by atoms with van der Waals surface area (Å²) in [6.45, 7) is 0. The van der Waals surface area contributed by atoms with Crippen LogP contribution in [0.25, 0.3) is 0 Å². The molecule has 2 N–H and O–H groups in total. The summed E-state index contributed by atoms with van der Waals surface area (Å²) >= 11 is 0.743. The van der Waals surface area contributed by atoms with E-state index in [1.54, 1.807) is 0 Å². The smallest absolute Gasteiger partial charge is 0.247 e. The van der Waals surface area contributed by atoms with Crippen LogP contribution in [0.15, 0.2) is 14.5 Å². The summed E-state index contributed by atoms with van der Waals surface area (Å²) in [6.07, 6.45) is 0.461. The molecule has 1 unspecified atom stereocenters. The predicted octanol–water partition coefficient (Wildman–Crippen LogP) is 0.597. The van der Waals surface area contributed by atoms with Gasteiger partial charge in [0.2, 0.25) is 10.0 Å². The number of thiophene rings is 1. The first-order chi connectivity index (χ1) is 8.13. The zero-order valence-corrected chi connectivity index (χ0v) is 13.6. The van der Waals surface area contributed by atoms with E-state index in [0.717, 1.165) is 11.3 Å². The SMILES string of the molecule is CN(C)C1CCS(=O)(=O)c2sc(S(N)(=O)=O)cc21.Cl. The lowest BCUT2D eigenvalue weighted by molar-refractivity contribution is 0.286. The first kappa shape index (κ1) is 16.9. The van der Waals surface area contributed by atoms with Crippen molar-refractivity contribution in [2.24, 2.45) is 5.14 Å². The fraction of sp³-hybridized carbons (Fsp3) is 0.556. The number of halogens is 1. The number of sulfone groups is 1. The number of fused-ring (bicyclic) bond motifs is 1. The Balaban J connectivity index is 0.00000180. The number of hydrogen-bond donors (Lipinski definition) is 1. The van der Waals surface area contributed by atoms with Crippen LogP contribution in [0.1, 0.15) is 18.0 Å². The molecule has 1 aliphatic rings. The number of nitrogens with zero attached hydrogens (tertiary/aromatic N) is 1. The van der Waals surface area contributed by atoms with Crippen LogP contribution in [-0.2, 0) is 19.9 Å². The summed E-state index contributed by atoms with van der Waals surface area (Å²) < 4.78 is 46.6. The van der Waals surface area contributed by atoms with Gasteiger partial charge in [0.15, 0.2) is 9.84 Å². The summed E-state index contributed by atoms with van der Waals surface area (Å²) in [5.74, 6) is 0.0351. The zero-order chi connectivity index (χ0) is 13.7. The third-order valence-corrected chi connectivity index (χ3v) is 7.86. The average Bonchev–Trinajstić information content (AvgIpc) is 2.61. The van der Waals surface area contributed by atoms with Crippen LogP contribution < -0.4 is 5.14 Å². The van der Waals surface area contributed by atoms with Crippen LogP contribution in [0, 0.1) is 0 Å². The van der Waals surface area contributed by atoms with Crippen LogP contribution in [0.2, 0.25) is 0 Å². The Kier molecular flexibility index (Phi) is 4.71. The molecule has 0 aliphatic carbocycles. The molecule has 1 aliphatic heterocycles. The lowest BCUT2D eigenvalue weighted by atomic mass is 10.1. The van der Waals surface area contributed by atoms with Gasteiger partial charge in [0.1, 0.15) is 8.42 Å². The van der Waals surface area contributed by atoms with Gasteiger partial charge in [-0.15, -0.1) is 23.7 Å². The van der Waals surface area contributed by atoms with Crippen molar-refractivity contribution in [1.29, 1.82) is 0 Å². The lowest BCUT2D eigenvalue weighted by Crippen LogP contribution is -2.27. The van der Waals surface area contributed by atoms with E-state index in [4.69, 9.17) is 5.14 Å². The zero-order valence-electron chi connectivity index (χ0n) is 10.4. The quantitative estimate of drug-likeness (QED) is 0.845. The van der Waals surface area contributed by atoms with E-state index >= 15 is 0 Å². The van der Waals surface area contributed by atoms with Crippen molar-refractivity contribution in [3.63, 3.8) is 0 Å². The molecule has 10 heteroatoms. The van der Waals surface area contributed by atoms with E-state index in [0.29, 0.717) is 12.0 Å². The van der Waals surface area contributed by atoms with Gasteiger partial charge < -0.3 is 4.90 Å². The molecular formula is C9H15ClN2O4S3. The van der Waals surface area contributed by atoms with Gasteiger partial charge >= 0.3 is 0 Å². The van der Waals surface area contributed by atoms with Crippen molar-refractivity contribution in [3.05, 3.63) is 11.6 Å². The van der Waals surface area contributed by atoms with Crippen molar-refractivity contribution in [1.82, 2.24) is 4.90 Å². The normalized spacial score (nSPS) is 21.8. The maximum absolute atomic E-state index is 11.9. The van der Waals surface area contributed by atoms with Gasteiger partial charge in [0.25, 0.3) is 0 Å². The van der Waals surface area contributed by atoms with E-state index in [9.17, 15) is 16.8 Å². The van der Waals surface area contributed by atoms with Crippen LogP contribution >= 0.6 is 23.7 Å². The number of primary sulfonamides is 1. The highest BCUT2D eigenvalue weighted by molar-refractivity contribution is 7.95. The minimum absolute atomic E-state index is 0. The fourth-order valence-electron chi connectivity index (χ4n) is 2.03. The molecule has 0 spiro atoms. The van der Waals surface area contributed by atoms with E-state index in [-0.39, 0.29) is 32.6 Å². The van der Waals surface area contributed by atoms with E-state index in [2.05, 4.69) is 0 Å². The molecule has 0 radical (unpaired) electrons. The van der Waals surface area contributed by atoms with E-state index < -0.39 is 19.9 Å². The van der Waals surface area contributed by atoms with Crippen LogP contribution in [0.4, 0.5) is 0 Å². The maximum atomic E-state index is 11.9. The molecule has 1 atom stereocenters. The molecule has 0 amide bonds. The van der Waals surface area contributed by atoms with Crippen molar-refractivity contribution in [2.75, 3.05) is 19.8 Å². The van der Waals surface area contributed by atoms with Gasteiger partial charge in [-0.05, 0) is 26.6 Å². The Hall–Kier alpha value is -0.190. The van der Waals surface area contributed by atoms with Crippen molar-refractivity contribution < 1.29 is 16.8 Å². The number of rotatable bonds is 2. The molecule has 19 heavy (non-hydrogen) atoms. The summed E-state index contributed by atoms with van der Waals surface area (Å²) in [6, 6.07) is 1.30. The monoisotopic (exact) mass is 346 g/mol. The van der Waals surface area contributed by atoms with Gasteiger partial charge in [0, 0.05) is 11.6 Å². The largest absolute Gasteiger partial charge is 0.302 e. The van der Waals surface area contributed by atoms with Gasteiger partial charge in [-0.25, -0.2) is 22.0 Å². The Morgan fingerprint density at radius 2 is 2.00 bits per heavy atom. The number of hydrogen-bond acceptors (Lipinski definition) is 6. The molecule has 0 aromatic carbocycles. The second-order valence-corrected chi connectivity index (χ2v) is 9.59. The van der Waals surface area contributed by atoms with Crippen LogP contribution in [0.5, 0.6) is 0 Å². The maximum Gasteiger partial charge on any atom is 0.247 e. The molecule has 6 nitrogen and oxygen atoms in total. The third-order valence-electron chi connectivity index (χ3n) is 2.91. The standard InChI is InChI=1S/C9H14N2O4S3.ClH/c1-11(2)7-3-4-17(12,13)9-6(7)5-8(16-9)18(10,14)15;/h5,7H,3-4H2,1-2H3,(H2,10,14,15);1H. The van der Waals surface area contributed by atoms with Gasteiger partial charge in [0.05, 0.1) is 5.75 Å². The molecule has 1 aromatic heterocycles. The van der Waals surface area contributed by atoms with Crippen molar-refractivity contribution >= 4 is 43.6 Å². The minimum Gasteiger partial charge on any atom is -0.302 e. The predicted molar refractivity (Wildman–Crippen MR) is 76.0 cm³/mol. The molecule has 1 aromatic rings. The lowest BCUT2D eigenvalue weighted by Gasteiger charge is -2.28. The molecule has 2 rings (SSSR count). The Morgan fingerprint density at radius 1 is 1.42 bits per heavy atom. The minimum atomic E-state index is -3.86. The molecule has 0 saturated carbocycles. The molecule has 2 heterocycles. The van der Waals surface area contributed by atoms with Crippen LogP contribution in [-0.4, -0.2) is 41.6 Å². The van der Waals surface area contributed by atoms with Crippen molar-refractivity contribution in [2.45, 2.75) is 20.9 Å². The first-order valence-electron chi connectivity index (χ1n) is 5.18. The number of nitrogens with two attached hydrogens (primary N) is 1.